The molecular weight excluding hydrogens is 414 g/mol. The van der Waals surface area contributed by atoms with Gasteiger partial charge in [0.1, 0.15) is 5.69 Å². The van der Waals surface area contributed by atoms with E-state index in [2.05, 4.69) is 39.1 Å². The van der Waals surface area contributed by atoms with Crippen molar-refractivity contribution in [3.63, 3.8) is 0 Å². The lowest BCUT2D eigenvalue weighted by Gasteiger charge is -2.28. The predicted octanol–water partition coefficient (Wildman–Crippen LogP) is 4.15. The van der Waals surface area contributed by atoms with Crippen LogP contribution in [-0.4, -0.2) is 42.1 Å². The number of carbonyl (C=O) groups is 1. The Hall–Kier alpha value is -4.33. The summed E-state index contributed by atoms with van der Waals surface area (Å²) in [5.41, 5.74) is 6.61. The lowest BCUT2D eigenvalue weighted by molar-refractivity contribution is -0.129. The van der Waals surface area contributed by atoms with Crippen LogP contribution in [0.25, 0.3) is 28.7 Å². The van der Waals surface area contributed by atoms with Crippen LogP contribution in [0, 0.1) is 0 Å². The van der Waals surface area contributed by atoms with Crippen LogP contribution in [0.3, 0.4) is 0 Å². The van der Waals surface area contributed by atoms with E-state index < -0.39 is 0 Å². The summed E-state index contributed by atoms with van der Waals surface area (Å²) in [7, 11) is 0. The fraction of sp³-hybridized carbons (Fsp3) is 0.160. The highest BCUT2D eigenvalue weighted by molar-refractivity contribution is 5.79. The lowest BCUT2D eigenvalue weighted by Crippen LogP contribution is -2.34. The maximum atomic E-state index is 11.7. The van der Waals surface area contributed by atoms with Gasteiger partial charge in [-0.05, 0) is 47.9 Å². The molecule has 0 unspecified atom stereocenters. The molecule has 0 bridgehead atoms. The minimum Gasteiger partial charge on any atom is -0.338 e. The molecule has 8 heteroatoms. The van der Waals surface area contributed by atoms with Crippen molar-refractivity contribution in [3.05, 3.63) is 78.9 Å². The van der Waals surface area contributed by atoms with Gasteiger partial charge in [-0.15, -0.1) is 0 Å². The van der Waals surface area contributed by atoms with Gasteiger partial charge in [0, 0.05) is 67.8 Å². The Bertz CT molecular complexity index is 1330. The Morgan fingerprint density at radius 3 is 2.88 bits per heavy atom. The number of benzene rings is 1. The first-order chi connectivity index (χ1) is 16.1. The molecule has 4 aromatic rings. The van der Waals surface area contributed by atoms with Crippen molar-refractivity contribution in [2.24, 2.45) is 0 Å². The highest BCUT2D eigenvalue weighted by Crippen LogP contribution is 2.30. The summed E-state index contributed by atoms with van der Waals surface area (Å²) in [5.74, 6) is 0.607. The zero-order valence-electron chi connectivity index (χ0n) is 18.3. The number of fused-ring (bicyclic) bond motifs is 1. The van der Waals surface area contributed by atoms with E-state index in [1.165, 1.54) is 11.1 Å². The number of nitrogens with one attached hydrogen (secondary N) is 1. The van der Waals surface area contributed by atoms with Crippen molar-refractivity contribution in [1.29, 1.82) is 0 Å². The van der Waals surface area contributed by atoms with E-state index in [4.69, 9.17) is 4.98 Å². The molecule has 4 heterocycles. The Balaban J connectivity index is 1.43. The number of rotatable bonds is 5. The summed E-state index contributed by atoms with van der Waals surface area (Å²) in [6.07, 6.45) is 9.61. The molecular formula is C25H23N7O. The molecule has 0 fully saturated rings. The molecule has 1 aliphatic rings. The highest BCUT2D eigenvalue weighted by Gasteiger charge is 2.19. The van der Waals surface area contributed by atoms with Gasteiger partial charge in [-0.2, -0.15) is 5.10 Å². The Morgan fingerprint density at radius 2 is 2.09 bits per heavy atom. The van der Waals surface area contributed by atoms with E-state index in [0.29, 0.717) is 12.5 Å². The lowest BCUT2D eigenvalue weighted by atomic mass is 9.99. The highest BCUT2D eigenvalue weighted by atomic mass is 16.2. The van der Waals surface area contributed by atoms with Gasteiger partial charge in [0.25, 0.3) is 0 Å². The first-order valence-corrected chi connectivity index (χ1v) is 10.7. The van der Waals surface area contributed by atoms with Crippen molar-refractivity contribution < 1.29 is 4.79 Å². The fourth-order valence-electron chi connectivity index (χ4n) is 3.99. The molecule has 0 saturated carbocycles. The zero-order chi connectivity index (χ0) is 22.8. The molecule has 164 valence electrons. The average molecular weight is 438 g/mol. The average Bonchev–Trinajstić information content (AvgIpc) is 3.29. The largest absolute Gasteiger partial charge is 0.338 e. The van der Waals surface area contributed by atoms with E-state index in [9.17, 15) is 4.79 Å². The predicted molar refractivity (Wildman–Crippen MR) is 127 cm³/mol. The molecule has 8 nitrogen and oxygen atoms in total. The Kier molecular flexibility index (Phi) is 5.40. The molecule has 1 aromatic carbocycles. The van der Waals surface area contributed by atoms with Gasteiger partial charge in [-0.3, -0.25) is 9.78 Å². The Labute approximate surface area is 191 Å². The summed E-state index contributed by atoms with van der Waals surface area (Å²) in [5, 5.41) is 7.92. The van der Waals surface area contributed by atoms with Gasteiger partial charge < -0.3 is 10.2 Å². The minimum absolute atomic E-state index is 0.110. The number of aromatic nitrogens is 5. The van der Waals surface area contributed by atoms with E-state index in [0.717, 1.165) is 41.2 Å². The Morgan fingerprint density at radius 1 is 1.18 bits per heavy atom. The van der Waals surface area contributed by atoms with Crippen LogP contribution in [0.15, 0.2) is 67.8 Å². The third-order valence-corrected chi connectivity index (χ3v) is 5.71. The molecule has 1 amide bonds. The van der Waals surface area contributed by atoms with Gasteiger partial charge in [0.2, 0.25) is 11.9 Å². The van der Waals surface area contributed by atoms with Crippen LogP contribution in [0.4, 0.5) is 11.6 Å². The zero-order valence-corrected chi connectivity index (χ0v) is 18.3. The molecule has 1 N–H and O–H groups in total. The normalized spacial score (nSPS) is 12.8. The summed E-state index contributed by atoms with van der Waals surface area (Å²) in [6, 6.07) is 11.9. The summed E-state index contributed by atoms with van der Waals surface area (Å²) in [6.45, 7) is 6.82. The second kappa shape index (κ2) is 8.66. The SMILES string of the molecule is C=Cn1cc(-c2ccnc(Nc3ccc4c(c3)CCN(C(C)=O)C4)n2)c(-c2cccnc2)n1. The monoisotopic (exact) mass is 437 g/mol. The summed E-state index contributed by atoms with van der Waals surface area (Å²) < 4.78 is 1.67. The van der Waals surface area contributed by atoms with Crippen molar-refractivity contribution in [1.82, 2.24) is 29.6 Å². The van der Waals surface area contributed by atoms with Crippen LogP contribution in [0.5, 0.6) is 0 Å². The molecule has 0 saturated heterocycles. The number of carbonyl (C=O) groups excluding carboxylic acids is 1. The second-order valence-corrected chi connectivity index (χ2v) is 7.86. The molecule has 5 rings (SSSR count). The van der Waals surface area contributed by atoms with Crippen LogP contribution >= 0.6 is 0 Å². The van der Waals surface area contributed by atoms with Gasteiger partial charge in [0.15, 0.2) is 0 Å². The van der Waals surface area contributed by atoms with Crippen LogP contribution in [0.2, 0.25) is 0 Å². The third-order valence-electron chi connectivity index (χ3n) is 5.71. The standard InChI is InChI=1S/C25H23N7O/c1-3-32-16-22(24(30-32)19-5-4-10-26-14-19)23-8-11-27-25(29-23)28-21-7-6-20-15-31(17(2)33)12-9-18(20)13-21/h3-8,10-11,13-14,16H,1,9,12,15H2,2H3,(H,27,28,29). The number of hydrogen-bond donors (Lipinski definition) is 1. The number of hydrogen-bond acceptors (Lipinski definition) is 6. The maximum Gasteiger partial charge on any atom is 0.227 e. The number of nitrogens with zero attached hydrogens (tertiary/aromatic N) is 6. The van der Waals surface area contributed by atoms with Crippen molar-refractivity contribution in [2.75, 3.05) is 11.9 Å². The summed E-state index contributed by atoms with van der Waals surface area (Å²) in [4.78, 5) is 26.9. The van der Waals surface area contributed by atoms with Gasteiger partial charge in [-0.1, -0.05) is 12.6 Å². The van der Waals surface area contributed by atoms with E-state index in [1.807, 2.05) is 35.4 Å². The third kappa shape index (κ3) is 4.23. The van der Waals surface area contributed by atoms with E-state index in [1.54, 1.807) is 36.4 Å². The molecule has 0 atom stereocenters. The van der Waals surface area contributed by atoms with Crippen molar-refractivity contribution >= 4 is 23.7 Å². The molecule has 33 heavy (non-hydrogen) atoms. The topological polar surface area (TPSA) is 88.8 Å². The van der Waals surface area contributed by atoms with Crippen molar-refractivity contribution in [2.45, 2.75) is 19.9 Å². The maximum absolute atomic E-state index is 11.7. The van der Waals surface area contributed by atoms with E-state index >= 15 is 0 Å². The first kappa shape index (κ1) is 20.6. The van der Waals surface area contributed by atoms with E-state index in [-0.39, 0.29) is 5.91 Å². The molecule has 1 aliphatic heterocycles. The van der Waals surface area contributed by atoms with Gasteiger partial charge >= 0.3 is 0 Å². The first-order valence-electron chi connectivity index (χ1n) is 10.7. The second-order valence-electron chi connectivity index (χ2n) is 7.86. The smallest absolute Gasteiger partial charge is 0.227 e. The van der Waals surface area contributed by atoms with Gasteiger partial charge in [-0.25, -0.2) is 14.6 Å². The molecule has 0 radical (unpaired) electrons. The van der Waals surface area contributed by atoms with Crippen LogP contribution < -0.4 is 5.32 Å². The van der Waals surface area contributed by atoms with Crippen molar-refractivity contribution in [3.8, 4) is 22.5 Å². The molecule has 0 spiro atoms. The molecule has 3 aromatic heterocycles. The molecule has 0 aliphatic carbocycles. The minimum atomic E-state index is 0.110. The van der Waals surface area contributed by atoms with Crippen LogP contribution in [-0.2, 0) is 17.8 Å². The number of amides is 1. The summed E-state index contributed by atoms with van der Waals surface area (Å²) >= 11 is 0. The van der Waals surface area contributed by atoms with Crippen LogP contribution in [0.1, 0.15) is 18.1 Å². The fourth-order valence-corrected chi connectivity index (χ4v) is 3.99. The number of anilines is 2. The quantitative estimate of drug-likeness (QED) is 0.505. The number of pyridine rings is 1. The van der Waals surface area contributed by atoms with Gasteiger partial charge in [0.05, 0.1) is 5.69 Å².